The molecule has 1 nitrogen and oxygen atoms in total. The summed E-state index contributed by atoms with van der Waals surface area (Å²) in [6.07, 6.45) is 4.52. The molecule has 0 radical (unpaired) electrons. The van der Waals surface area contributed by atoms with Gasteiger partial charge in [0.25, 0.3) is 0 Å². The summed E-state index contributed by atoms with van der Waals surface area (Å²) in [5.74, 6) is 0. The highest BCUT2D eigenvalue weighted by molar-refractivity contribution is 5.90. The zero-order valence-corrected chi connectivity index (χ0v) is 12.4. The van der Waals surface area contributed by atoms with Gasteiger partial charge in [-0.3, -0.25) is 0 Å². The Hall–Kier alpha value is -1.76. The van der Waals surface area contributed by atoms with Crippen LogP contribution in [0.25, 0.3) is 10.8 Å². The van der Waals surface area contributed by atoms with Crippen LogP contribution in [0.15, 0.2) is 48.2 Å². The summed E-state index contributed by atoms with van der Waals surface area (Å²) in [4.78, 5) is 2.32. The quantitative estimate of drug-likeness (QED) is 0.715. The third-order valence-electron chi connectivity index (χ3n) is 3.80. The smallest absolute Gasteiger partial charge is 0.0441 e. The van der Waals surface area contributed by atoms with Crippen molar-refractivity contribution in [3.05, 3.63) is 53.7 Å². The summed E-state index contributed by atoms with van der Waals surface area (Å²) in [6.45, 7) is 6.57. The molecule has 1 heteroatoms. The van der Waals surface area contributed by atoms with Gasteiger partial charge in [0.2, 0.25) is 0 Å². The Labute approximate surface area is 116 Å². The molecule has 0 N–H and O–H groups in total. The Morgan fingerprint density at radius 3 is 2.58 bits per heavy atom. The zero-order chi connectivity index (χ0) is 13.8. The van der Waals surface area contributed by atoms with E-state index in [9.17, 15) is 0 Å². The van der Waals surface area contributed by atoms with E-state index in [0.29, 0.717) is 0 Å². The highest BCUT2D eigenvalue weighted by Gasteiger charge is 2.10. The molecule has 0 aromatic heterocycles. The number of aryl methyl sites for hydroxylation is 1. The van der Waals surface area contributed by atoms with Crippen LogP contribution >= 0.6 is 0 Å². The molecule has 2 aromatic carbocycles. The van der Waals surface area contributed by atoms with Crippen LogP contribution < -0.4 is 4.90 Å². The minimum absolute atomic E-state index is 1.12. The molecule has 0 amide bonds. The van der Waals surface area contributed by atoms with E-state index in [0.717, 1.165) is 6.42 Å². The fourth-order valence-electron chi connectivity index (χ4n) is 2.70. The second-order valence-electron chi connectivity index (χ2n) is 5.02. The Kier molecular flexibility index (Phi) is 4.26. The van der Waals surface area contributed by atoms with Crippen molar-refractivity contribution in [1.82, 2.24) is 0 Å². The molecule has 0 saturated carbocycles. The number of benzene rings is 2. The molecule has 0 atom stereocenters. The lowest BCUT2D eigenvalue weighted by atomic mass is 10.0. The predicted octanol–water partition coefficient (Wildman–Crippen LogP) is 5.29. The van der Waals surface area contributed by atoms with E-state index in [1.54, 1.807) is 0 Å². The highest BCUT2D eigenvalue weighted by Crippen LogP contribution is 2.30. The van der Waals surface area contributed by atoms with E-state index < -0.39 is 0 Å². The van der Waals surface area contributed by atoms with Crippen LogP contribution in [0.3, 0.4) is 0 Å². The summed E-state index contributed by atoms with van der Waals surface area (Å²) < 4.78 is 0. The zero-order valence-electron chi connectivity index (χ0n) is 12.4. The first-order valence-corrected chi connectivity index (χ1v) is 7.06. The van der Waals surface area contributed by atoms with Crippen LogP contribution in [0.4, 0.5) is 5.69 Å². The number of rotatable bonds is 4. The van der Waals surface area contributed by atoms with Gasteiger partial charge in [0.15, 0.2) is 0 Å². The SMILES string of the molecule is C/C=C(\CCC)N(C)c1ccc2ccccc2c1C. The van der Waals surface area contributed by atoms with Gasteiger partial charge >= 0.3 is 0 Å². The van der Waals surface area contributed by atoms with Gasteiger partial charge in [-0.2, -0.15) is 0 Å². The molecule has 2 rings (SSSR count). The number of anilines is 1. The molecular formula is C18H23N. The first-order chi connectivity index (χ1) is 9.19. The fourth-order valence-corrected chi connectivity index (χ4v) is 2.70. The lowest BCUT2D eigenvalue weighted by molar-refractivity contribution is 0.856. The lowest BCUT2D eigenvalue weighted by Gasteiger charge is -2.25. The van der Waals surface area contributed by atoms with Crippen LogP contribution in [-0.2, 0) is 0 Å². The summed E-state index contributed by atoms with van der Waals surface area (Å²) in [6, 6.07) is 13.0. The van der Waals surface area contributed by atoms with Crippen molar-refractivity contribution in [1.29, 1.82) is 0 Å². The lowest BCUT2D eigenvalue weighted by Crippen LogP contribution is -2.17. The van der Waals surface area contributed by atoms with Crippen LogP contribution in [0.2, 0.25) is 0 Å². The van der Waals surface area contributed by atoms with E-state index in [4.69, 9.17) is 0 Å². The maximum Gasteiger partial charge on any atom is 0.0441 e. The third-order valence-corrected chi connectivity index (χ3v) is 3.80. The predicted molar refractivity (Wildman–Crippen MR) is 85.8 cm³/mol. The Morgan fingerprint density at radius 2 is 1.89 bits per heavy atom. The summed E-state index contributed by atoms with van der Waals surface area (Å²) in [7, 11) is 2.17. The fraction of sp³-hybridized carbons (Fsp3) is 0.333. The molecule has 2 aromatic rings. The molecule has 0 aliphatic rings. The van der Waals surface area contributed by atoms with Gasteiger partial charge in [-0.15, -0.1) is 0 Å². The van der Waals surface area contributed by atoms with Gasteiger partial charge in [0.1, 0.15) is 0 Å². The minimum atomic E-state index is 1.12. The average molecular weight is 253 g/mol. The maximum atomic E-state index is 2.32. The highest BCUT2D eigenvalue weighted by atomic mass is 15.1. The van der Waals surface area contributed by atoms with Crippen molar-refractivity contribution >= 4 is 16.5 Å². The second-order valence-corrected chi connectivity index (χ2v) is 5.02. The van der Waals surface area contributed by atoms with Crippen LogP contribution in [0.1, 0.15) is 32.3 Å². The van der Waals surface area contributed by atoms with Crippen molar-refractivity contribution in [2.75, 3.05) is 11.9 Å². The molecular weight excluding hydrogens is 230 g/mol. The van der Waals surface area contributed by atoms with Gasteiger partial charge in [-0.05, 0) is 42.7 Å². The van der Waals surface area contributed by atoms with E-state index in [1.807, 2.05) is 0 Å². The van der Waals surface area contributed by atoms with Gasteiger partial charge in [0.05, 0.1) is 0 Å². The molecule has 0 bridgehead atoms. The average Bonchev–Trinajstić information content (AvgIpc) is 2.45. The van der Waals surface area contributed by atoms with E-state index in [-0.39, 0.29) is 0 Å². The molecule has 19 heavy (non-hydrogen) atoms. The van der Waals surface area contributed by atoms with Crippen molar-refractivity contribution in [2.24, 2.45) is 0 Å². The van der Waals surface area contributed by atoms with Gasteiger partial charge in [-0.1, -0.05) is 49.8 Å². The summed E-state index contributed by atoms with van der Waals surface area (Å²) in [5.41, 5.74) is 4.05. The van der Waals surface area contributed by atoms with Crippen molar-refractivity contribution in [3.63, 3.8) is 0 Å². The van der Waals surface area contributed by atoms with Crippen molar-refractivity contribution in [3.8, 4) is 0 Å². The standard InChI is InChI=1S/C18H23N/c1-5-9-16(6-2)19(4)18-13-12-15-10-7-8-11-17(15)14(18)3/h6-8,10-13H,5,9H2,1-4H3/b16-6+. The molecule has 0 spiro atoms. The van der Waals surface area contributed by atoms with Crippen LogP contribution in [0.5, 0.6) is 0 Å². The Bertz CT molecular complexity index is 596. The molecule has 0 unspecified atom stereocenters. The largest absolute Gasteiger partial charge is 0.348 e. The molecule has 0 aliphatic carbocycles. The molecule has 0 fully saturated rings. The second kappa shape index (κ2) is 5.92. The number of hydrogen-bond acceptors (Lipinski definition) is 1. The van der Waals surface area contributed by atoms with E-state index in [2.05, 4.69) is 75.2 Å². The van der Waals surface area contributed by atoms with Gasteiger partial charge in [0, 0.05) is 18.4 Å². The van der Waals surface area contributed by atoms with E-state index >= 15 is 0 Å². The Morgan fingerprint density at radius 1 is 1.16 bits per heavy atom. The molecule has 0 heterocycles. The maximum absolute atomic E-state index is 2.32. The van der Waals surface area contributed by atoms with Crippen molar-refractivity contribution in [2.45, 2.75) is 33.6 Å². The van der Waals surface area contributed by atoms with Crippen LogP contribution in [-0.4, -0.2) is 7.05 Å². The molecule has 100 valence electrons. The molecule has 0 saturated heterocycles. The number of nitrogens with zero attached hydrogens (tertiary/aromatic N) is 1. The number of allylic oxidation sites excluding steroid dienone is 2. The van der Waals surface area contributed by atoms with Gasteiger partial charge in [-0.25, -0.2) is 0 Å². The Balaban J connectivity index is 2.48. The first kappa shape index (κ1) is 13.7. The van der Waals surface area contributed by atoms with Crippen LogP contribution in [0, 0.1) is 6.92 Å². The van der Waals surface area contributed by atoms with E-state index in [1.165, 1.54) is 34.1 Å². The monoisotopic (exact) mass is 253 g/mol. The number of fused-ring (bicyclic) bond motifs is 1. The summed E-state index contributed by atoms with van der Waals surface area (Å²) >= 11 is 0. The number of hydrogen-bond donors (Lipinski definition) is 0. The first-order valence-electron chi connectivity index (χ1n) is 7.06. The van der Waals surface area contributed by atoms with Crippen molar-refractivity contribution < 1.29 is 0 Å². The molecule has 0 aliphatic heterocycles. The minimum Gasteiger partial charge on any atom is -0.348 e. The third kappa shape index (κ3) is 2.65. The summed E-state index contributed by atoms with van der Waals surface area (Å²) in [5, 5.41) is 2.66. The normalized spacial score (nSPS) is 11.9. The van der Waals surface area contributed by atoms with Gasteiger partial charge < -0.3 is 4.90 Å². The topological polar surface area (TPSA) is 3.24 Å².